The Morgan fingerprint density at radius 1 is 1.08 bits per heavy atom. The average Bonchev–Trinajstić information content (AvgIpc) is 2.45. The second kappa shape index (κ2) is 6.22. The predicted octanol–water partition coefficient (Wildman–Crippen LogP) is 3.55. The number of rotatable bonds is 2. The molecule has 1 aromatic heterocycles. The molecule has 2 rings (SSSR count). The number of halogens is 6. The van der Waals surface area contributed by atoms with Crippen LogP contribution >= 0.6 is 0 Å². The van der Waals surface area contributed by atoms with Gasteiger partial charge in [0, 0.05) is 5.56 Å². The van der Waals surface area contributed by atoms with E-state index < -0.39 is 29.5 Å². The van der Waals surface area contributed by atoms with E-state index in [9.17, 15) is 31.1 Å². The molecular formula is C14H10F6N4O. The number of nitrogens with two attached hydrogens (primary N) is 1. The summed E-state index contributed by atoms with van der Waals surface area (Å²) in [6, 6.07) is 3.31. The Bertz CT molecular complexity index is 816. The van der Waals surface area contributed by atoms with E-state index in [2.05, 4.69) is 10.2 Å². The standard InChI is InChI=1S/C14H10F6N4O/c1-6-4-10(21)23-24-11(6)8-3-2-7(13(15,16)17)5-9(8)22-12(25)14(18,19)20/h2-5H,1H3,(H2,21,23)(H,22,25). The van der Waals surface area contributed by atoms with Crippen LogP contribution < -0.4 is 11.1 Å². The lowest BCUT2D eigenvalue weighted by Gasteiger charge is -2.16. The van der Waals surface area contributed by atoms with Gasteiger partial charge in [-0.25, -0.2) is 0 Å². The molecule has 25 heavy (non-hydrogen) atoms. The van der Waals surface area contributed by atoms with E-state index >= 15 is 0 Å². The summed E-state index contributed by atoms with van der Waals surface area (Å²) in [5.74, 6) is -2.39. The van der Waals surface area contributed by atoms with Crippen molar-refractivity contribution in [2.24, 2.45) is 0 Å². The topological polar surface area (TPSA) is 80.9 Å². The van der Waals surface area contributed by atoms with Gasteiger partial charge >= 0.3 is 18.3 Å². The quantitative estimate of drug-likeness (QED) is 0.799. The van der Waals surface area contributed by atoms with Crippen molar-refractivity contribution in [3.05, 3.63) is 35.4 Å². The molecule has 1 amide bonds. The first-order valence-corrected chi connectivity index (χ1v) is 6.59. The number of nitrogens with zero attached hydrogens (tertiary/aromatic N) is 2. The van der Waals surface area contributed by atoms with Crippen molar-refractivity contribution in [3.63, 3.8) is 0 Å². The van der Waals surface area contributed by atoms with E-state index in [4.69, 9.17) is 5.73 Å². The van der Waals surface area contributed by atoms with E-state index in [-0.39, 0.29) is 17.1 Å². The number of carbonyl (C=O) groups is 1. The maximum atomic E-state index is 12.8. The van der Waals surface area contributed by atoms with E-state index in [0.717, 1.165) is 6.07 Å². The molecule has 5 nitrogen and oxygen atoms in total. The highest BCUT2D eigenvalue weighted by molar-refractivity contribution is 5.98. The Hall–Kier alpha value is -2.85. The van der Waals surface area contributed by atoms with Crippen LogP contribution in [0.15, 0.2) is 24.3 Å². The zero-order chi connectivity index (χ0) is 19.0. The lowest BCUT2D eigenvalue weighted by atomic mass is 10.0. The number of benzene rings is 1. The highest BCUT2D eigenvalue weighted by Crippen LogP contribution is 2.36. The molecule has 0 aliphatic carbocycles. The van der Waals surface area contributed by atoms with Gasteiger partial charge in [0.25, 0.3) is 0 Å². The Morgan fingerprint density at radius 3 is 2.24 bits per heavy atom. The molecule has 0 fully saturated rings. The van der Waals surface area contributed by atoms with Crippen molar-refractivity contribution < 1.29 is 31.1 Å². The van der Waals surface area contributed by atoms with Gasteiger partial charge in [-0.1, -0.05) is 6.07 Å². The van der Waals surface area contributed by atoms with Crippen molar-refractivity contribution in [2.75, 3.05) is 11.1 Å². The minimum Gasteiger partial charge on any atom is -0.382 e. The second-order valence-electron chi connectivity index (χ2n) is 5.01. The highest BCUT2D eigenvalue weighted by atomic mass is 19.4. The highest BCUT2D eigenvalue weighted by Gasteiger charge is 2.39. The SMILES string of the molecule is Cc1cc(N)nnc1-c1ccc(C(F)(F)F)cc1NC(=O)C(F)(F)F. The monoisotopic (exact) mass is 364 g/mol. The molecule has 0 aliphatic rings. The molecule has 0 saturated heterocycles. The third-order valence-corrected chi connectivity index (χ3v) is 3.11. The van der Waals surface area contributed by atoms with E-state index in [1.54, 1.807) is 0 Å². The number of aryl methyl sites for hydroxylation is 1. The van der Waals surface area contributed by atoms with Gasteiger partial charge in [-0.2, -0.15) is 26.3 Å². The van der Waals surface area contributed by atoms with E-state index in [0.29, 0.717) is 17.7 Å². The van der Waals surface area contributed by atoms with Crippen LogP contribution in [0.4, 0.5) is 37.8 Å². The van der Waals surface area contributed by atoms with Crippen LogP contribution in [0.5, 0.6) is 0 Å². The zero-order valence-electron chi connectivity index (χ0n) is 12.5. The molecule has 1 aromatic carbocycles. The number of nitrogen functional groups attached to an aromatic ring is 1. The van der Waals surface area contributed by atoms with Gasteiger partial charge in [0.15, 0.2) is 0 Å². The Labute approximate surface area is 136 Å². The third-order valence-electron chi connectivity index (χ3n) is 3.11. The molecule has 2 aromatic rings. The number of hydrogen-bond donors (Lipinski definition) is 2. The third kappa shape index (κ3) is 4.17. The minimum atomic E-state index is -5.27. The first-order chi connectivity index (χ1) is 11.4. The van der Waals surface area contributed by atoms with Gasteiger partial charge in [-0.05, 0) is 30.7 Å². The normalized spacial score (nSPS) is 12.1. The Kier molecular flexibility index (Phi) is 4.60. The smallest absolute Gasteiger partial charge is 0.382 e. The van der Waals surface area contributed by atoms with E-state index in [1.807, 2.05) is 0 Å². The summed E-state index contributed by atoms with van der Waals surface area (Å²) in [6.07, 6.45) is -10.1. The van der Waals surface area contributed by atoms with Crippen LogP contribution in [-0.2, 0) is 11.0 Å². The van der Waals surface area contributed by atoms with Crippen molar-refractivity contribution in [2.45, 2.75) is 19.3 Å². The Balaban J connectivity index is 2.60. The molecule has 134 valence electrons. The largest absolute Gasteiger partial charge is 0.471 e. The zero-order valence-corrected chi connectivity index (χ0v) is 12.5. The lowest BCUT2D eigenvalue weighted by Crippen LogP contribution is -2.30. The summed E-state index contributed by atoms with van der Waals surface area (Å²) in [6.45, 7) is 1.49. The summed E-state index contributed by atoms with van der Waals surface area (Å²) >= 11 is 0. The fourth-order valence-electron chi connectivity index (χ4n) is 2.00. The predicted molar refractivity (Wildman–Crippen MR) is 76.3 cm³/mol. The minimum absolute atomic E-state index is 0.0135. The van der Waals surface area contributed by atoms with Crippen LogP contribution in [0, 0.1) is 6.92 Å². The molecular weight excluding hydrogens is 354 g/mol. The molecule has 0 atom stereocenters. The molecule has 3 N–H and O–H groups in total. The molecule has 11 heteroatoms. The molecule has 0 bridgehead atoms. The fraction of sp³-hybridized carbons (Fsp3) is 0.214. The molecule has 0 radical (unpaired) electrons. The van der Waals surface area contributed by atoms with E-state index in [1.165, 1.54) is 18.3 Å². The van der Waals surface area contributed by atoms with Crippen LogP contribution in [0.3, 0.4) is 0 Å². The lowest BCUT2D eigenvalue weighted by molar-refractivity contribution is -0.167. The van der Waals surface area contributed by atoms with Gasteiger partial charge < -0.3 is 11.1 Å². The van der Waals surface area contributed by atoms with Crippen molar-refractivity contribution in [3.8, 4) is 11.3 Å². The number of carbonyl (C=O) groups excluding carboxylic acids is 1. The second-order valence-corrected chi connectivity index (χ2v) is 5.01. The summed E-state index contributed by atoms with van der Waals surface area (Å²) < 4.78 is 75.8. The van der Waals surface area contributed by atoms with Gasteiger partial charge in [-0.15, -0.1) is 10.2 Å². The molecule has 0 spiro atoms. The molecule has 1 heterocycles. The van der Waals surface area contributed by atoms with Gasteiger partial charge in [-0.3, -0.25) is 4.79 Å². The van der Waals surface area contributed by atoms with Gasteiger partial charge in [0.2, 0.25) is 0 Å². The van der Waals surface area contributed by atoms with Gasteiger partial charge in [0.1, 0.15) is 5.82 Å². The molecule has 0 unspecified atom stereocenters. The first-order valence-electron chi connectivity index (χ1n) is 6.59. The van der Waals surface area contributed by atoms with Gasteiger partial charge in [0.05, 0.1) is 16.9 Å². The molecule has 0 aliphatic heterocycles. The maximum absolute atomic E-state index is 12.8. The number of anilines is 2. The van der Waals surface area contributed by atoms with Crippen LogP contribution in [-0.4, -0.2) is 22.3 Å². The number of hydrogen-bond acceptors (Lipinski definition) is 4. The Morgan fingerprint density at radius 2 is 1.72 bits per heavy atom. The average molecular weight is 364 g/mol. The first kappa shape index (κ1) is 18.5. The summed E-state index contributed by atoms with van der Waals surface area (Å²) in [5.41, 5.74) is 3.69. The van der Waals surface area contributed by atoms with Crippen molar-refractivity contribution in [1.29, 1.82) is 0 Å². The van der Waals surface area contributed by atoms with Crippen molar-refractivity contribution >= 4 is 17.4 Å². The fourth-order valence-corrected chi connectivity index (χ4v) is 2.00. The number of amides is 1. The van der Waals surface area contributed by atoms with Crippen molar-refractivity contribution in [1.82, 2.24) is 10.2 Å². The number of nitrogens with one attached hydrogen (secondary N) is 1. The maximum Gasteiger partial charge on any atom is 0.471 e. The van der Waals surface area contributed by atoms with Crippen LogP contribution in [0.25, 0.3) is 11.3 Å². The number of alkyl halides is 6. The summed E-state index contributed by atoms with van der Waals surface area (Å²) in [7, 11) is 0. The van der Waals surface area contributed by atoms with Crippen LogP contribution in [0.2, 0.25) is 0 Å². The summed E-state index contributed by atoms with van der Waals surface area (Å²) in [4.78, 5) is 11.1. The number of aromatic nitrogens is 2. The van der Waals surface area contributed by atoms with Crippen LogP contribution in [0.1, 0.15) is 11.1 Å². The summed E-state index contributed by atoms with van der Waals surface area (Å²) in [5, 5.41) is 8.65. The molecule has 0 saturated carbocycles.